The third-order valence-corrected chi connectivity index (χ3v) is 3.12. The van der Waals surface area contributed by atoms with Crippen LogP contribution in [0.15, 0.2) is 24.5 Å². The van der Waals surface area contributed by atoms with Crippen LogP contribution in [0, 0.1) is 11.8 Å². The molecule has 5 nitrogen and oxygen atoms in total. The highest BCUT2D eigenvalue weighted by Crippen LogP contribution is 2.15. The van der Waals surface area contributed by atoms with E-state index in [9.17, 15) is 9.59 Å². The van der Waals surface area contributed by atoms with Crippen LogP contribution in [0.1, 0.15) is 32.4 Å². The zero-order valence-electron chi connectivity index (χ0n) is 10.8. The Kier molecular flexibility index (Phi) is 4.83. The first-order chi connectivity index (χ1) is 8.43. The Morgan fingerprint density at radius 1 is 1.17 bits per heavy atom. The second kappa shape index (κ2) is 6.14. The van der Waals surface area contributed by atoms with Gasteiger partial charge in [0, 0.05) is 18.3 Å². The molecule has 0 radical (unpaired) electrons. The van der Waals surface area contributed by atoms with Crippen molar-refractivity contribution in [1.82, 2.24) is 10.3 Å². The zero-order valence-corrected chi connectivity index (χ0v) is 10.8. The maximum Gasteiger partial charge on any atom is 0.307 e. The summed E-state index contributed by atoms with van der Waals surface area (Å²) in [5.41, 5.74) is 0.938. The molecule has 18 heavy (non-hydrogen) atoms. The molecular weight excluding hydrogens is 232 g/mol. The van der Waals surface area contributed by atoms with Gasteiger partial charge >= 0.3 is 5.97 Å². The number of carboxylic acids is 1. The Hall–Kier alpha value is -1.91. The standard InChI is InChI=1S/C13H18N2O3/c1-8(9(2)13(17)18)12(16)15-10(3)11-4-6-14-7-5-11/h4-10H,1-3H3,(H,15,16)(H,17,18)/t8?,9?,10-/m0/s1. The van der Waals surface area contributed by atoms with Gasteiger partial charge in [-0.2, -0.15) is 0 Å². The van der Waals surface area contributed by atoms with Gasteiger partial charge in [0.25, 0.3) is 0 Å². The van der Waals surface area contributed by atoms with Crippen molar-refractivity contribution < 1.29 is 14.7 Å². The van der Waals surface area contributed by atoms with Crippen LogP contribution in [-0.2, 0) is 9.59 Å². The van der Waals surface area contributed by atoms with Crippen LogP contribution in [0.5, 0.6) is 0 Å². The summed E-state index contributed by atoms with van der Waals surface area (Å²) in [4.78, 5) is 26.6. The fourth-order valence-electron chi connectivity index (χ4n) is 1.52. The van der Waals surface area contributed by atoms with E-state index in [2.05, 4.69) is 10.3 Å². The van der Waals surface area contributed by atoms with E-state index >= 15 is 0 Å². The minimum Gasteiger partial charge on any atom is -0.481 e. The predicted molar refractivity (Wildman–Crippen MR) is 66.8 cm³/mol. The molecule has 3 atom stereocenters. The first-order valence-electron chi connectivity index (χ1n) is 5.86. The third kappa shape index (κ3) is 3.55. The number of aromatic nitrogens is 1. The van der Waals surface area contributed by atoms with E-state index in [4.69, 9.17) is 5.11 Å². The first-order valence-corrected chi connectivity index (χ1v) is 5.86. The Morgan fingerprint density at radius 3 is 2.22 bits per heavy atom. The summed E-state index contributed by atoms with van der Waals surface area (Å²) in [5.74, 6) is -2.48. The molecule has 0 saturated carbocycles. The average molecular weight is 250 g/mol. The molecular formula is C13H18N2O3. The molecule has 1 amide bonds. The summed E-state index contributed by atoms with van der Waals surface area (Å²) in [5, 5.41) is 11.7. The number of carboxylic acid groups (broad SMARTS) is 1. The van der Waals surface area contributed by atoms with E-state index in [1.807, 2.05) is 19.1 Å². The summed E-state index contributed by atoms with van der Waals surface area (Å²) >= 11 is 0. The first kappa shape index (κ1) is 14.2. The van der Waals surface area contributed by atoms with Crippen molar-refractivity contribution in [1.29, 1.82) is 0 Å². The number of carbonyl (C=O) groups is 2. The fraction of sp³-hybridized carbons (Fsp3) is 0.462. The molecule has 0 aliphatic heterocycles. The van der Waals surface area contributed by atoms with Gasteiger partial charge < -0.3 is 10.4 Å². The second-order valence-electron chi connectivity index (χ2n) is 4.43. The number of pyridine rings is 1. The van der Waals surface area contributed by atoms with Gasteiger partial charge in [0.15, 0.2) is 0 Å². The normalized spacial score (nSPS) is 15.5. The van der Waals surface area contributed by atoms with E-state index in [1.165, 1.54) is 6.92 Å². The molecule has 0 aromatic carbocycles. The highest BCUT2D eigenvalue weighted by Gasteiger charge is 2.26. The van der Waals surface area contributed by atoms with Crippen LogP contribution >= 0.6 is 0 Å². The highest BCUT2D eigenvalue weighted by atomic mass is 16.4. The van der Waals surface area contributed by atoms with Gasteiger partial charge in [-0.1, -0.05) is 13.8 Å². The molecule has 2 unspecified atom stereocenters. The molecule has 0 fully saturated rings. The van der Waals surface area contributed by atoms with E-state index in [1.54, 1.807) is 19.3 Å². The van der Waals surface area contributed by atoms with Gasteiger partial charge in [-0.25, -0.2) is 0 Å². The summed E-state index contributed by atoms with van der Waals surface area (Å²) in [7, 11) is 0. The SMILES string of the molecule is CC(C(=O)O)C(C)C(=O)N[C@@H](C)c1ccncc1. The molecule has 1 heterocycles. The monoisotopic (exact) mass is 250 g/mol. The lowest BCUT2D eigenvalue weighted by molar-refractivity contribution is -0.146. The molecule has 1 rings (SSSR count). The molecule has 0 spiro atoms. The number of aliphatic carboxylic acids is 1. The van der Waals surface area contributed by atoms with Crippen LogP contribution in [0.25, 0.3) is 0 Å². The minimum atomic E-state index is -0.964. The second-order valence-corrected chi connectivity index (χ2v) is 4.43. The van der Waals surface area contributed by atoms with Gasteiger partial charge in [0.05, 0.1) is 12.0 Å². The minimum absolute atomic E-state index is 0.163. The Bertz CT molecular complexity index is 420. The molecule has 2 N–H and O–H groups in total. The van der Waals surface area contributed by atoms with Gasteiger partial charge in [-0.15, -0.1) is 0 Å². The predicted octanol–water partition coefficient (Wildman–Crippen LogP) is 1.62. The highest BCUT2D eigenvalue weighted by molar-refractivity contribution is 5.84. The molecule has 0 aliphatic rings. The van der Waals surface area contributed by atoms with Crippen molar-refractivity contribution >= 4 is 11.9 Å². The van der Waals surface area contributed by atoms with Gasteiger partial charge in [-0.05, 0) is 24.6 Å². The van der Waals surface area contributed by atoms with Crippen molar-refractivity contribution in [3.05, 3.63) is 30.1 Å². The lowest BCUT2D eigenvalue weighted by Crippen LogP contribution is -2.36. The molecule has 98 valence electrons. The lowest BCUT2D eigenvalue weighted by atomic mass is 9.95. The molecule has 0 bridgehead atoms. The summed E-state index contributed by atoms with van der Waals surface area (Å²) < 4.78 is 0. The number of hydrogen-bond donors (Lipinski definition) is 2. The summed E-state index contributed by atoms with van der Waals surface area (Å²) in [6.07, 6.45) is 3.31. The van der Waals surface area contributed by atoms with Gasteiger partial charge in [0.1, 0.15) is 0 Å². The maximum absolute atomic E-state index is 11.9. The Morgan fingerprint density at radius 2 is 1.72 bits per heavy atom. The van der Waals surface area contributed by atoms with Crippen molar-refractivity contribution in [3.8, 4) is 0 Å². The average Bonchev–Trinajstić information content (AvgIpc) is 2.37. The Labute approximate surface area is 106 Å². The van der Waals surface area contributed by atoms with Crippen LogP contribution in [0.3, 0.4) is 0 Å². The number of hydrogen-bond acceptors (Lipinski definition) is 3. The number of amides is 1. The quantitative estimate of drug-likeness (QED) is 0.832. The lowest BCUT2D eigenvalue weighted by Gasteiger charge is -2.20. The smallest absolute Gasteiger partial charge is 0.307 e. The largest absolute Gasteiger partial charge is 0.481 e. The Balaban J connectivity index is 2.62. The zero-order chi connectivity index (χ0) is 13.7. The fourth-order valence-corrected chi connectivity index (χ4v) is 1.52. The van der Waals surface area contributed by atoms with Crippen LogP contribution < -0.4 is 5.32 Å². The topological polar surface area (TPSA) is 79.3 Å². The van der Waals surface area contributed by atoms with Crippen LogP contribution in [-0.4, -0.2) is 22.0 Å². The molecule has 1 aromatic rings. The summed E-state index contributed by atoms with van der Waals surface area (Å²) in [6, 6.07) is 3.47. The van der Waals surface area contributed by atoms with Gasteiger partial charge in [0.2, 0.25) is 5.91 Å². The van der Waals surface area contributed by atoms with Crippen molar-refractivity contribution in [2.24, 2.45) is 11.8 Å². The van der Waals surface area contributed by atoms with E-state index in [0.29, 0.717) is 0 Å². The van der Waals surface area contributed by atoms with Crippen LogP contribution in [0.4, 0.5) is 0 Å². The number of nitrogens with zero attached hydrogens (tertiary/aromatic N) is 1. The van der Waals surface area contributed by atoms with Crippen molar-refractivity contribution in [3.63, 3.8) is 0 Å². The molecule has 0 aliphatic carbocycles. The number of carbonyl (C=O) groups excluding carboxylic acids is 1. The molecule has 5 heteroatoms. The number of nitrogens with one attached hydrogen (secondary N) is 1. The van der Waals surface area contributed by atoms with E-state index < -0.39 is 17.8 Å². The van der Waals surface area contributed by atoms with E-state index in [0.717, 1.165) is 5.56 Å². The molecule has 0 saturated heterocycles. The van der Waals surface area contributed by atoms with E-state index in [-0.39, 0.29) is 11.9 Å². The van der Waals surface area contributed by atoms with Gasteiger partial charge in [-0.3, -0.25) is 14.6 Å². The molecule has 1 aromatic heterocycles. The maximum atomic E-state index is 11.9. The van der Waals surface area contributed by atoms with Crippen molar-refractivity contribution in [2.45, 2.75) is 26.8 Å². The third-order valence-electron chi connectivity index (χ3n) is 3.12. The number of rotatable bonds is 5. The van der Waals surface area contributed by atoms with Crippen LogP contribution in [0.2, 0.25) is 0 Å². The summed E-state index contributed by atoms with van der Waals surface area (Å²) in [6.45, 7) is 5.00. The van der Waals surface area contributed by atoms with Crippen molar-refractivity contribution in [2.75, 3.05) is 0 Å².